The first-order valence-electron chi connectivity index (χ1n) is 4.55. The lowest BCUT2D eigenvalue weighted by Crippen LogP contribution is -2.11. The third kappa shape index (κ3) is 1.97. The number of fused-ring (bicyclic) bond motifs is 1. The average molecular weight is 252 g/mol. The lowest BCUT2D eigenvalue weighted by atomic mass is 10.1. The van der Waals surface area contributed by atoms with E-state index >= 15 is 0 Å². The molecule has 0 aliphatic rings. The van der Waals surface area contributed by atoms with Gasteiger partial charge >= 0.3 is 0 Å². The van der Waals surface area contributed by atoms with E-state index in [1.807, 2.05) is 0 Å². The molecule has 0 amide bonds. The van der Waals surface area contributed by atoms with E-state index in [-0.39, 0.29) is 16.3 Å². The highest BCUT2D eigenvalue weighted by Crippen LogP contribution is 2.35. The number of benzene rings is 2. The van der Waals surface area contributed by atoms with Gasteiger partial charge in [-0.15, -0.1) is 4.91 Å². The lowest BCUT2D eigenvalue weighted by Gasteiger charge is -2.04. The largest absolute Gasteiger partial charge is 0.506 e. The number of nitrogens with zero attached hydrogens (tertiary/aromatic N) is 1. The van der Waals surface area contributed by atoms with E-state index in [1.165, 1.54) is 30.3 Å². The van der Waals surface area contributed by atoms with Crippen LogP contribution in [0, 0.1) is 4.91 Å². The van der Waals surface area contributed by atoms with Gasteiger partial charge in [0.15, 0.2) is 5.69 Å². The summed E-state index contributed by atoms with van der Waals surface area (Å²) in [7, 11) is -3.80. The highest BCUT2D eigenvalue weighted by molar-refractivity contribution is 7.89. The molecule has 0 bridgehead atoms. The Labute approximate surface area is 96.7 Å². The molecule has 88 valence electrons. The summed E-state index contributed by atoms with van der Waals surface area (Å²) < 4.78 is 22.3. The van der Waals surface area contributed by atoms with Gasteiger partial charge in [-0.25, -0.2) is 13.6 Å². The summed E-state index contributed by atoms with van der Waals surface area (Å²) in [6.45, 7) is 0. The van der Waals surface area contributed by atoms with Crippen molar-refractivity contribution in [2.45, 2.75) is 4.90 Å². The minimum Gasteiger partial charge on any atom is -0.506 e. The lowest BCUT2D eigenvalue weighted by molar-refractivity contribution is 0.477. The van der Waals surface area contributed by atoms with Crippen LogP contribution in [0.15, 0.2) is 40.4 Å². The average Bonchev–Trinajstić information content (AvgIpc) is 2.27. The van der Waals surface area contributed by atoms with Crippen molar-refractivity contribution in [1.29, 1.82) is 0 Å². The molecule has 0 atom stereocenters. The number of nitrogens with two attached hydrogens (primary N) is 1. The highest BCUT2D eigenvalue weighted by Gasteiger charge is 2.12. The van der Waals surface area contributed by atoms with E-state index in [0.717, 1.165) is 0 Å². The molecule has 2 aromatic carbocycles. The minimum absolute atomic E-state index is 0.0625. The Bertz CT molecular complexity index is 710. The zero-order valence-corrected chi connectivity index (χ0v) is 9.31. The molecule has 0 heterocycles. The van der Waals surface area contributed by atoms with Gasteiger partial charge in [0.05, 0.1) is 4.90 Å². The Kier molecular flexibility index (Phi) is 2.56. The molecule has 0 saturated carbocycles. The van der Waals surface area contributed by atoms with Crippen LogP contribution in [-0.2, 0) is 10.0 Å². The maximum absolute atomic E-state index is 11.1. The molecule has 0 spiro atoms. The molecule has 6 nitrogen and oxygen atoms in total. The van der Waals surface area contributed by atoms with Gasteiger partial charge in [0.1, 0.15) is 5.75 Å². The Hall–Kier alpha value is -1.99. The van der Waals surface area contributed by atoms with Crippen molar-refractivity contribution in [3.8, 4) is 5.75 Å². The van der Waals surface area contributed by atoms with Gasteiger partial charge in [-0.1, -0.05) is 12.1 Å². The van der Waals surface area contributed by atoms with E-state index in [1.54, 1.807) is 0 Å². The number of aromatic hydroxyl groups is 1. The quantitative estimate of drug-likeness (QED) is 0.790. The van der Waals surface area contributed by atoms with E-state index < -0.39 is 10.0 Å². The van der Waals surface area contributed by atoms with Crippen LogP contribution in [0.1, 0.15) is 0 Å². The van der Waals surface area contributed by atoms with E-state index in [4.69, 9.17) is 5.14 Å². The van der Waals surface area contributed by atoms with Gasteiger partial charge in [-0.3, -0.25) is 0 Å². The van der Waals surface area contributed by atoms with Gasteiger partial charge in [-0.05, 0) is 28.8 Å². The summed E-state index contributed by atoms with van der Waals surface area (Å²) in [5.74, 6) is -0.254. The van der Waals surface area contributed by atoms with Crippen LogP contribution in [0.25, 0.3) is 10.8 Å². The van der Waals surface area contributed by atoms with Gasteiger partial charge < -0.3 is 5.11 Å². The van der Waals surface area contributed by atoms with Crippen LogP contribution >= 0.6 is 0 Å². The van der Waals surface area contributed by atoms with Gasteiger partial charge in [-0.2, -0.15) is 0 Å². The second kappa shape index (κ2) is 3.79. The van der Waals surface area contributed by atoms with Crippen LogP contribution in [0.3, 0.4) is 0 Å². The summed E-state index contributed by atoms with van der Waals surface area (Å²) in [5.41, 5.74) is -0.122. The molecule has 2 rings (SSSR count). The third-order valence-electron chi connectivity index (χ3n) is 2.36. The minimum atomic E-state index is -3.80. The molecular formula is C10H8N2O4S. The first kappa shape index (κ1) is 11.5. The molecule has 0 saturated heterocycles. The zero-order valence-electron chi connectivity index (χ0n) is 8.49. The fourth-order valence-corrected chi connectivity index (χ4v) is 2.10. The molecule has 0 aromatic heterocycles. The number of phenols is 1. The fraction of sp³-hybridized carbons (Fsp3) is 0. The van der Waals surface area contributed by atoms with Crippen molar-refractivity contribution in [1.82, 2.24) is 0 Å². The van der Waals surface area contributed by atoms with Crippen LogP contribution in [0.5, 0.6) is 5.75 Å². The molecule has 0 aliphatic carbocycles. The molecule has 0 aliphatic heterocycles. The molecular weight excluding hydrogens is 244 g/mol. The van der Waals surface area contributed by atoms with Crippen molar-refractivity contribution in [3.63, 3.8) is 0 Å². The number of hydrogen-bond acceptors (Lipinski definition) is 5. The predicted octanol–water partition coefficient (Wildman–Crippen LogP) is 1.59. The Morgan fingerprint density at radius 2 is 1.88 bits per heavy atom. The first-order chi connectivity index (χ1) is 7.93. The molecule has 7 heteroatoms. The van der Waals surface area contributed by atoms with Crippen molar-refractivity contribution < 1.29 is 13.5 Å². The number of primary sulfonamides is 1. The second-order valence-electron chi connectivity index (χ2n) is 3.45. The zero-order chi connectivity index (χ0) is 12.6. The van der Waals surface area contributed by atoms with Crippen LogP contribution in [0.4, 0.5) is 5.69 Å². The fourth-order valence-electron chi connectivity index (χ4n) is 1.55. The molecule has 17 heavy (non-hydrogen) atoms. The summed E-state index contributed by atoms with van der Waals surface area (Å²) >= 11 is 0. The van der Waals surface area contributed by atoms with Crippen molar-refractivity contribution in [2.24, 2.45) is 10.3 Å². The number of nitroso groups, excluding NO2 is 1. The summed E-state index contributed by atoms with van der Waals surface area (Å²) in [4.78, 5) is 10.5. The number of phenolic OH excluding ortho intramolecular Hbond substituents is 1. The van der Waals surface area contributed by atoms with Crippen molar-refractivity contribution in [3.05, 3.63) is 35.2 Å². The van der Waals surface area contributed by atoms with E-state index in [0.29, 0.717) is 10.8 Å². The summed E-state index contributed by atoms with van der Waals surface area (Å²) in [6, 6.07) is 6.70. The monoisotopic (exact) mass is 252 g/mol. The van der Waals surface area contributed by atoms with Crippen molar-refractivity contribution >= 4 is 26.5 Å². The Morgan fingerprint density at radius 1 is 1.18 bits per heavy atom. The third-order valence-corrected chi connectivity index (χ3v) is 3.27. The predicted molar refractivity (Wildman–Crippen MR) is 62.4 cm³/mol. The topological polar surface area (TPSA) is 110 Å². The number of hydrogen-bond donors (Lipinski definition) is 2. The number of sulfonamides is 1. The molecule has 0 fully saturated rings. The van der Waals surface area contributed by atoms with Crippen LogP contribution in [0.2, 0.25) is 0 Å². The standard InChI is InChI=1S/C10H8N2O4S/c11-17(15,16)7-2-3-8-6(5-7)1-4-9(13)10(8)12-14/h1-5,13H,(H2,11,15,16). The van der Waals surface area contributed by atoms with Crippen LogP contribution < -0.4 is 5.14 Å². The maximum atomic E-state index is 11.1. The molecule has 3 N–H and O–H groups in total. The Morgan fingerprint density at radius 3 is 2.47 bits per heavy atom. The van der Waals surface area contributed by atoms with E-state index in [9.17, 15) is 18.4 Å². The SMILES string of the molecule is NS(=O)(=O)c1ccc2c(N=O)c(O)ccc2c1. The smallest absolute Gasteiger partial charge is 0.238 e. The highest BCUT2D eigenvalue weighted by atomic mass is 32.2. The number of rotatable bonds is 2. The Balaban J connectivity index is 2.82. The van der Waals surface area contributed by atoms with E-state index in [2.05, 4.69) is 5.18 Å². The van der Waals surface area contributed by atoms with Gasteiger partial charge in [0.25, 0.3) is 0 Å². The van der Waals surface area contributed by atoms with Gasteiger partial charge in [0.2, 0.25) is 10.0 Å². The molecule has 0 unspecified atom stereocenters. The molecule has 0 radical (unpaired) electrons. The summed E-state index contributed by atoms with van der Waals surface area (Å²) in [5, 5.41) is 17.9. The normalized spacial score (nSPS) is 11.6. The van der Waals surface area contributed by atoms with Crippen LogP contribution in [-0.4, -0.2) is 13.5 Å². The molecule has 2 aromatic rings. The second-order valence-corrected chi connectivity index (χ2v) is 5.01. The van der Waals surface area contributed by atoms with Gasteiger partial charge in [0, 0.05) is 5.39 Å². The summed E-state index contributed by atoms with van der Waals surface area (Å²) in [6.07, 6.45) is 0. The maximum Gasteiger partial charge on any atom is 0.238 e. The first-order valence-corrected chi connectivity index (χ1v) is 6.10. The van der Waals surface area contributed by atoms with Crippen molar-refractivity contribution in [2.75, 3.05) is 0 Å².